The van der Waals surface area contributed by atoms with Crippen molar-refractivity contribution in [1.82, 2.24) is 9.80 Å². The van der Waals surface area contributed by atoms with Gasteiger partial charge in [-0.2, -0.15) is 0 Å². The number of hydrogen-bond donors (Lipinski definition) is 1. The van der Waals surface area contributed by atoms with E-state index in [9.17, 15) is 0 Å². The normalized spacial score (nSPS) is 23.1. The first kappa shape index (κ1) is 15.3. The minimum atomic E-state index is 0.840. The van der Waals surface area contributed by atoms with E-state index >= 15 is 0 Å². The van der Waals surface area contributed by atoms with Crippen molar-refractivity contribution >= 4 is 0 Å². The molecule has 0 unspecified atom stereocenters. The van der Waals surface area contributed by atoms with Crippen molar-refractivity contribution in [3.05, 3.63) is 0 Å². The molecule has 1 aliphatic carbocycles. The highest BCUT2D eigenvalue weighted by molar-refractivity contribution is 4.77. The molecule has 0 amide bonds. The average Bonchev–Trinajstić information content (AvgIpc) is 2.80. The lowest BCUT2D eigenvalue weighted by molar-refractivity contribution is 0.156. The Morgan fingerprint density at radius 2 is 1.58 bits per heavy atom. The average molecular weight is 267 g/mol. The molecule has 1 saturated heterocycles. The maximum Gasteiger partial charge on any atom is 0.0112 e. The molecule has 1 aliphatic heterocycles. The van der Waals surface area contributed by atoms with Gasteiger partial charge in [0.15, 0.2) is 0 Å². The summed E-state index contributed by atoms with van der Waals surface area (Å²) in [7, 11) is 0. The second-order valence-electron chi connectivity index (χ2n) is 6.37. The first-order valence-electron chi connectivity index (χ1n) is 8.56. The first-order chi connectivity index (χ1) is 9.40. The summed E-state index contributed by atoms with van der Waals surface area (Å²) in [5.74, 6) is 0. The van der Waals surface area contributed by atoms with Gasteiger partial charge in [0.2, 0.25) is 0 Å². The number of nitrogens with zero attached hydrogens (tertiary/aromatic N) is 2. The van der Waals surface area contributed by atoms with Gasteiger partial charge in [-0.15, -0.1) is 0 Å². The van der Waals surface area contributed by atoms with Crippen LogP contribution in [0.3, 0.4) is 0 Å². The summed E-state index contributed by atoms with van der Waals surface area (Å²) in [6.07, 6.45) is 12.6. The maximum absolute atomic E-state index is 5.72. The minimum Gasteiger partial charge on any atom is -0.330 e. The fraction of sp³-hybridized carbons (Fsp3) is 1.00. The molecule has 0 bridgehead atoms. The van der Waals surface area contributed by atoms with Crippen LogP contribution < -0.4 is 5.73 Å². The Balaban J connectivity index is 1.78. The molecule has 3 nitrogen and oxygen atoms in total. The van der Waals surface area contributed by atoms with Gasteiger partial charge in [-0.3, -0.25) is 4.90 Å². The van der Waals surface area contributed by atoms with Crippen molar-refractivity contribution in [2.24, 2.45) is 5.73 Å². The van der Waals surface area contributed by atoms with E-state index in [1.807, 2.05) is 0 Å². The molecule has 2 rings (SSSR count). The van der Waals surface area contributed by atoms with Gasteiger partial charge in [-0.1, -0.05) is 25.7 Å². The molecule has 0 aromatic carbocycles. The van der Waals surface area contributed by atoms with Crippen molar-refractivity contribution in [3.63, 3.8) is 0 Å². The summed E-state index contributed by atoms with van der Waals surface area (Å²) in [6.45, 7) is 7.26. The quantitative estimate of drug-likeness (QED) is 0.719. The lowest BCUT2D eigenvalue weighted by Crippen LogP contribution is -2.41. The van der Waals surface area contributed by atoms with Crippen LogP contribution in [0.15, 0.2) is 0 Å². The van der Waals surface area contributed by atoms with Gasteiger partial charge in [0.1, 0.15) is 0 Å². The minimum absolute atomic E-state index is 0.840. The maximum atomic E-state index is 5.72. The molecule has 2 N–H and O–H groups in total. The molecule has 3 heteroatoms. The van der Waals surface area contributed by atoms with Crippen LogP contribution in [0.2, 0.25) is 0 Å². The molecule has 1 saturated carbocycles. The molecule has 0 atom stereocenters. The van der Waals surface area contributed by atoms with E-state index in [-0.39, 0.29) is 0 Å². The number of hydrogen-bond acceptors (Lipinski definition) is 3. The van der Waals surface area contributed by atoms with E-state index in [0.29, 0.717) is 0 Å². The molecule has 0 aromatic heterocycles. The van der Waals surface area contributed by atoms with Gasteiger partial charge in [0, 0.05) is 19.1 Å². The largest absolute Gasteiger partial charge is 0.330 e. The van der Waals surface area contributed by atoms with E-state index in [1.54, 1.807) is 0 Å². The van der Waals surface area contributed by atoms with Crippen molar-refractivity contribution in [2.45, 2.75) is 63.8 Å². The summed E-state index contributed by atoms with van der Waals surface area (Å²) >= 11 is 0. The van der Waals surface area contributed by atoms with Gasteiger partial charge in [0.05, 0.1) is 0 Å². The molecular weight excluding hydrogens is 234 g/mol. The Morgan fingerprint density at radius 3 is 2.21 bits per heavy atom. The lowest BCUT2D eigenvalue weighted by Gasteiger charge is -2.32. The van der Waals surface area contributed by atoms with Gasteiger partial charge >= 0.3 is 0 Å². The van der Waals surface area contributed by atoms with E-state index in [2.05, 4.69) is 9.80 Å². The fourth-order valence-electron chi connectivity index (χ4n) is 3.67. The van der Waals surface area contributed by atoms with E-state index in [1.165, 1.54) is 84.1 Å². The first-order valence-corrected chi connectivity index (χ1v) is 8.56. The zero-order valence-electron chi connectivity index (χ0n) is 12.7. The Labute approximate surface area is 119 Å². The number of nitrogens with two attached hydrogens (primary N) is 1. The van der Waals surface area contributed by atoms with Crippen LogP contribution >= 0.6 is 0 Å². The molecule has 0 radical (unpaired) electrons. The van der Waals surface area contributed by atoms with Crippen molar-refractivity contribution in [3.8, 4) is 0 Å². The van der Waals surface area contributed by atoms with E-state index in [0.717, 1.165) is 19.0 Å². The molecule has 0 aromatic rings. The van der Waals surface area contributed by atoms with E-state index in [4.69, 9.17) is 5.73 Å². The molecule has 2 aliphatic rings. The monoisotopic (exact) mass is 267 g/mol. The van der Waals surface area contributed by atoms with Crippen molar-refractivity contribution in [2.75, 3.05) is 39.3 Å². The van der Waals surface area contributed by atoms with Gasteiger partial charge in [-0.05, 0) is 58.3 Å². The molecule has 1 heterocycles. The Kier molecular flexibility index (Phi) is 7.18. The van der Waals surface area contributed by atoms with Gasteiger partial charge in [-0.25, -0.2) is 0 Å². The Morgan fingerprint density at radius 1 is 0.895 bits per heavy atom. The van der Waals surface area contributed by atoms with Crippen LogP contribution in [0, 0.1) is 0 Å². The van der Waals surface area contributed by atoms with Crippen LogP contribution in [-0.2, 0) is 0 Å². The second kappa shape index (κ2) is 8.93. The Hall–Kier alpha value is -0.120. The summed E-state index contributed by atoms with van der Waals surface area (Å²) < 4.78 is 0. The van der Waals surface area contributed by atoms with Crippen molar-refractivity contribution < 1.29 is 0 Å². The number of rotatable bonds is 7. The van der Waals surface area contributed by atoms with Crippen LogP contribution in [0.25, 0.3) is 0 Å². The third-order valence-electron chi connectivity index (χ3n) is 4.89. The smallest absolute Gasteiger partial charge is 0.0112 e. The third-order valence-corrected chi connectivity index (χ3v) is 4.89. The molecule has 2 fully saturated rings. The van der Waals surface area contributed by atoms with Crippen LogP contribution in [-0.4, -0.2) is 55.1 Å². The van der Waals surface area contributed by atoms with Crippen LogP contribution in [0.1, 0.15) is 57.8 Å². The second-order valence-corrected chi connectivity index (χ2v) is 6.37. The van der Waals surface area contributed by atoms with E-state index < -0.39 is 0 Å². The van der Waals surface area contributed by atoms with Crippen molar-refractivity contribution in [1.29, 1.82) is 0 Å². The SMILES string of the molecule is NCCCN(CCN1CCCC1)C1CCCCCC1. The fourth-order valence-corrected chi connectivity index (χ4v) is 3.67. The predicted octanol–water partition coefficient (Wildman–Crippen LogP) is 2.46. The third kappa shape index (κ3) is 5.41. The van der Waals surface area contributed by atoms with Gasteiger partial charge in [0.25, 0.3) is 0 Å². The summed E-state index contributed by atoms with van der Waals surface area (Å²) in [6, 6.07) is 0.844. The predicted molar refractivity (Wildman–Crippen MR) is 82.4 cm³/mol. The molecule has 112 valence electrons. The van der Waals surface area contributed by atoms with Crippen LogP contribution in [0.4, 0.5) is 0 Å². The van der Waals surface area contributed by atoms with Gasteiger partial charge < -0.3 is 10.6 Å². The molecular formula is C16H33N3. The Bertz CT molecular complexity index is 218. The molecule has 19 heavy (non-hydrogen) atoms. The zero-order valence-corrected chi connectivity index (χ0v) is 12.7. The van der Waals surface area contributed by atoms with Crippen LogP contribution in [0.5, 0.6) is 0 Å². The zero-order chi connectivity index (χ0) is 13.3. The summed E-state index contributed by atoms with van der Waals surface area (Å²) in [5, 5.41) is 0. The summed E-state index contributed by atoms with van der Waals surface area (Å²) in [5.41, 5.74) is 5.72. The number of likely N-dealkylation sites (tertiary alicyclic amines) is 1. The summed E-state index contributed by atoms with van der Waals surface area (Å²) in [4.78, 5) is 5.41. The lowest BCUT2D eigenvalue weighted by atomic mass is 10.1. The molecule has 0 spiro atoms. The highest BCUT2D eigenvalue weighted by Gasteiger charge is 2.21. The highest BCUT2D eigenvalue weighted by Crippen LogP contribution is 2.22. The highest BCUT2D eigenvalue weighted by atomic mass is 15.2. The topological polar surface area (TPSA) is 32.5 Å². The standard InChI is InChI=1S/C16H33N3/c17-10-7-13-19(15-14-18-11-5-6-12-18)16-8-3-1-2-4-9-16/h16H,1-15,17H2.